The number of nitrogens with zero attached hydrogens (tertiary/aromatic N) is 3. The Kier molecular flexibility index (Phi) is 3.31. The van der Waals surface area contributed by atoms with Crippen molar-refractivity contribution in [2.75, 3.05) is 19.9 Å². The summed E-state index contributed by atoms with van der Waals surface area (Å²) in [5.74, 6) is 0.699. The number of carbonyl (C=O) groups is 1. The fourth-order valence-corrected chi connectivity index (χ4v) is 1.58. The highest BCUT2D eigenvalue weighted by molar-refractivity contribution is 5.95. The van der Waals surface area contributed by atoms with Crippen LogP contribution in [0.3, 0.4) is 0 Å². The molecule has 18 heavy (non-hydrogen) atoms. The van der Waals surface area contributed by atoms with Crippen LogP contribution in [-0.4, -0.2) is 30.7 Å². The van der Waals surface area contributed by atoms with Gasteiger partial charge in [0.25, 0.3) is 5.91 Å². The van der Waals surface area contributed by atoms with Crippen molar-refractivity contribution < 1.29 is 14.3 Å². The minimum Gasteiger partial charge on any atom is -0.454 e. The molecule has 6 nitrogen and oxygen atoms in total. The molecule has 1 aromatic carbocycles. The number of benzene rings is 1. The molecule has 2 rings (SSSR count). The molecule has 0 unspecified atom stereocenters. The fraction of sp³-hybridized carbons (Fsp3) is 0.250. The van der Waals surface area contributed by atoms with Gasteiger partial charge < -0.3 is 14.4 Å². The minimum atomic E-state index is -0.378. The molecule has 1 heterocycles. The minimum absolute atomic E-state index is 0.124. The summed E-state index contributed by atoms with van der Waals surface area (Å²) >= 11 is 0. The van der Waals surface area contributed by atoms with Gasteiger partial charge in [0.05, 0.1) is 12.1 Å². The number of fused-ring (bicyclic) bond motifs is 1. The molecule has 0 spiro atoms. The van der Waals surface area contributed by atoms with Crippen LogP contribution in [0.2, 0.25) is 0 Å². The molecule has 0 aliphatic carbocycles. The molecule has 0 saturated heterocycles. The molecule has 0 fully saturated rings. The standard InChI is InChI=1S/C12H9N3O3/c13-3-5-15(6-4-14)12(16)9-1-2-10-11(7-9)18-8-17-10/h1-2,7H,5-6,8H2. The van der Waals surface area contributed by atoms with Crippen LogP contribution >= 0.6 is 0 Å². The molecule has 6 heteroatoms. The molecule has 0 aromatic heterocycles. The van der Waals surface area contributed by atoms with E-state index in [4.69, 9.17) is 20.0 Å². The van der Waals surface area contributed by atoms with Crippen LogP contribution in [0, 0.1) is 22.7 Å². The summed E-state index contributed by atoms with van der Waals surface area (Å²) in [4.78, 5) is 13.2. The summed E-state index contributed by atoms with van der Waals surface area (Å²) in [6.07, 6.45) is 0. The van der Waals surface area contributed by atoms with Gasteiger partial charge in [-0.15, -0.1) is 0 Å². The third-order valence-corrected chi connectivity index (χ3v) is 2.43. The van der Waals surface area contributed by atoms with Crippen molar-refractivity contribution in [1.82, 2.24) is 4.90 Å². The second-order valence-corrected chi connectivity index (χ2v) is 3.55. The first-order valence-electron chi connectivity index (χ1n) is 5.19. The number of amides is 1. The first kappa shape index (κ1) is 11.7. The van der Waals surface area contributed by atoms with Gasteiger partial charge in [0.2, 0.25) is 6.79 Å². The number of ether oxygens (including phenoxy) is 2. The molecular formula is C12H9N3O3. The third kappa shape index (κ3) is 2.18. The lowest BCUT2D eigenvalue weighted by atomic mass is 10.1. The van der Waals surface area contributed by atoms with E-state index in [1.807, 2.05) is 12.1 Å². The van der Waals surface area contributed by atoms with Crippen LogP contribution in [0.15, 0.2) is 18.2 Å². The number of hydrogen-bond acceptors (Lipinski definition) is 5. The van der Waals surface area contributed by atoms with E-state index in [-0.39, 0.29) is 25.8 Å². The summed E-state index contributed by atoms with van der Waals surface area (Å²) in [7, 11) is 0. The molecule has 1 aliphatic rings. The summed E-state index contributed by atoms with van der Waals surface area (Å²) in [6.45, 7) is -0.116. The van der Waals surface area contributed by atoms with Gasteiger partial charge in [0.15, 0.2) is 11.5 Å². The molecular weight excluding hydrogens is 234 g/mol. The molecule has 0 saturated carbocycles. The van der Waals surface area contributed by atoms with Gasteiger partial charge in [-0.2, -0.15) is 10.5 Å². The van der Waals surface area contributed by atoms with Crippen molar-refractivity contribution >= 4 is 5.91 Å². The third-order valence-electron chi connectivity index (χ3n) is 2.43. The average molecular weight is 243 g/mol. The Bertz CT molecular complexity index is 541. The second-order valence-electron chi connectivity index (χ2n) is 3.55. The van der Waals surface area contributed by atoms with Crippen molar-refractivity contribution in [3.05, 3.63) is 23.8 Å². The van der Waals surface area contributed by atoms with Crippen LogP contribution in [0.25, 0.3) is 0 Å². The van der Waals surface area contributed by atoms with Crippen LogP contribution in [0.1, 0.15) is 10.4 Å². The van der Waals surface area contributed by atoms with Gasteiger partial charge in [0.1, 0.15) is 13.1 Å². The van der Waals surface area contributed by atoms with E-state index < -0.39 is 0 Å². The first-order chi connectivity index (χ1) is 8.76. The van der Waals surface area contributed by atoms with E-state index in [1.165, 1.54) is 0 Å². The monoisotopic (exact) mass is 243 g/mol. The molecule has 1 aliphatic heterocycles. The zero-order valence-corrected chi connectivity index (χ0v) is 9.42. The predicted molar refractivity (Wildman–Crippen MR) is 59.7 cm³/mol. The van der Waals surface area contributed by atoms with E-state index in [1.54, 1.807) is 18.2 Å². The predicted octanol–water partition coefficient (Wildman–Crippen LogP) is 0.905. The summed E-state index contributed by atoms with van der Waals surface area (Å²) < 4.78 is 10.3. The Balaban J connectivity index is 2.23. The Morgan fingerprint density at radius 3 is 2.56 bits per heavy atom. The van der Waals surface area contributed by atoms with Crippen molar-refractivity contribution in [3.63, 3.8) is 0 Å². The summed E-state index contributed by atoms with van der Waals surface area (Å²) in [5, 5.41) is 17.2. The van der Waals surface area contributed by atoms with Gasteiger partial charge in [-0.1, -0.05) is 0 Å². The van der Waals surface area contributed by atoms with E-state index in [2.05, 4.69) is 0 Å². The molecule has 90 valence electrons. The summed E-state index contributed by atoms with van der Waals surface area (Å²) in [5.41, 5.74) is 0.366. The Hall–Kier alpha value is -2.73. The van der Waals surface area contributed by atoms with Crippen molar-refractivity contribution in [1.29, 1.82) is 10.5 Å². The lowest BCUT2D eigenvalue weighted by molar-refractivity contribution is 0.0794. The number of hydrogen-bond donors (Lipinski definition) is 0. The SMILES string of the molecule is N#CCN(CC#N)C(=O)c1ccc2c(c1)OCO2. The maximum Gasteiger partial charge on any atom is 0.255 e. The van der Waals surface area contributed by atoms with Crippen LogP contribution in [0.4, 0.5) is 0 Å². The van der Waals surface area contributed by atoms with Crippen molar-refractivity contribution in [2.24, 2.45) is 0 Å². The Morgan fingerprint density at radius 2 is 1.89 bits per heavy atom. The van der Waals surface area contributed by atoms with E-state index in [9.17, 15) is 4.79 Å². The average Bonchev–Trinajstić information content (AvgIpc) is 2.84. The smallest absolute Gasteiger partial charge is 0.255 e. The maximum absolute atomic E-state index is 12.1. The zero-order chi connectivity index (χ0) is 13.0. The molecule has 0 atom stereocenters. The molecule has 0 bridgehead atoms. The van der Waals surface area contributed by atoms with Gasteiger partial charge in [-0.25, -0.2) is 0 Å². The van der Waals surface area contributed by atoms with Crippen LogP contribution in [0.5, 0.6) is 11.5 Å². The molecule has 0 N–H and O–H groups in total. The van der Waals surface area contributed by atoms with Gasteiger partial charge in [0, 0.05) is 5.56 Å². The highest BCUT2D eigenvalue weighted by atomic mass is 16.7. The van der Waals surface area contributed by atoms with Gasteiger partial charge in [-0.3, -0.25) is 4.79 Å². The highest BCUT2D eigenvalue weighted by Gasteiger charge is 2.19. The number of rotatable bonds is 3. The number of carbonyl (C=O) groups excluding carboxylic acids is 1. The molecule has 0 radical (unpaired) electrons. The second kappa shape index (κ2) is 5.07. The van der Waals surface area contributed by atoms with E-state index >= 15 is 0 Å². The highest BCUT2D eigenvalue weighted by Crippen LogP contribution is 2.32. The Labute approximate surface area is 104 Å². The lowest BCUT2D eigenvalue weighted by Crippen LogP contribution is -2.31. The maximum atomic E-state index is 12.1. The van der Waals surface area contributed by atoms with Crippen LogP contribution < -0.4 is 9.47 Å². The van der Waals surface area contributed by atoms with E-state index in [0.29, 0.717) is 17.1 Å². The fourth-order valence-electron chi connectivity index (χ4n) is 1.58. The van der Waals surface area contributed by atoms with Crippen LogP contribution in [-0.2, 0) is 0 Å². The molecule has 1 amide bonds. The number of nitriles is 2. The van der Waals surface area contributed by atoms with Gasteiger partial charge >= 0.3 is 0 Å². The summed E-state index contributed by atoms with van der Waals surface area (Å²) in [6, 6.07) is 8.47. The van der Waals surface area contributed by atoms with Crippen molar-refractivity contribution in [2.45, 2.75) is 0 Å². The largest absolute Gasteiger partial charge is 0.454 e. The van der Waals surface area contributed by atoms with Crippen molar-refractivity contribution in [3.8, 4) is 23.6 Å². The Morgan fingerprint density at radius 1 is 1.22 bits per heavy atom. The first-order valence-corrected chi connectivity index (χ1v) is 5.19. The lowest BCUT2D eigenvalue weighted by Gasteiger charge is -2.15. The van der Waals surface area contributed by atoms with Gasteiger partial charge in [-0.05, 0) is 18.2 Å². The quantitative estimate of drug-likeness (QED) is 0.736. The zero-order valence-electron chi connectivity index (χ0n) is 9.42. The van der Waals surface area contributed by atoms with E-state index in [0.717, 1.165) is 4.90 Å². The molecule has 1 aromatic rings. The normalized spacial score (nSPS) is 11.4. The topological polar surface area (TPSA) is 86.4 Å².